The number of aliphatic hydroxyl groups is 1. The van der Waals surface area contributed by atoms with E-state index < -0.39 is 0 Å². The zero-order valence-corrected chi connectivity index (χ0v) is 14.1. The van der Waals surface area contributed by atoms with Crippen LogP contribution in [0.3, 0.4) is 0 Å². The molecule has 3 heteroatoms. The quantitative estimate of drug-likeness (QED) is 0.721. The van der Waals surface area contributed by atoms with E-state index in [1.165, 1.54) is 25.7 Å². The second-order valence-electron chi connectivity index (χ2n) is 9.13. The Bertz CT molecular complexity index is 478. The molecule has 2 N–H and O–H groups in total. The number of aliphatic hydroxyl groups excluding tert-OH is 1. The van der Waals surface area contributed by atoms with Gasteiger partial charge in [-0.1, -0.05) is 6.92 Å². The molecule has 0 unspecified atom stereocenters. The molecule has 0 aromatic heterocycles. The minimum Gasteiger partial charge on any atom is -0.393 e. The van der Waals surface area contributed by atoms with Crippen LogP contribution in [0.25, 0.3) is 0 Å². The molecule has 0 aromatic carbocycles. The maximum atomic E-state index is 11.9. The number of rotatable bonds is 0. The van der Waals surface area contributed by atoms with Crippen molar-refractivity contribution in [3.05, 3.63) is 0 Å². The fourth-order valence-electron chi connectivity index (χ4n) is 6.91. The van der Waals surface area contributed by atoms with Gasteiger partial charge in [0, 0.05) is 12.0 Å². The van der Waals surface area contributed by atoms with Crippen LogP contribution in [0.1, 0.15) is 71.6 Å². The maximum absolute atomic E-state index is 11.9. The smallest absolute Gasteiger partial charge is 0.220 e. The summed E-state index contributed by atoms with van der Waals surface area (Å²) in [6.07, 6.45) is 10.00. The molecule has 1 aliphatic heterocycles. The summed E-state index contributed by atoms with van der Waals surface area (Å²) in [7, 11) is 0. The predicted octanol–water partition coefficient (Wildman–Crippen LogP) is 3.26. The van der Waals surface area contributed by atoms with Gasteiger partial charge in [-0.25, -0.2) is 0 Å². The summed E-state index contributed by atoms with van der Waals surface area (Å²) in [5.74, 6) is 3.26. The van der Waals surface area contributed by atoms with Crippen LogP contribution in [0, 0.1) is 29.1 Å². The third-order valence-electron chi connectivity index (χ3n) is 8.14. The van der Waals surface area contributed by atoms with Crippen molar-refractivity contribution in [1.29, 1.82) is 0 Å². The number of piperidine rings is 1. The van der Waals surface area contributed by atoms with Crippen molar-refractivity contribution in [2.24, 2.45) is 29.1 Å². The summed E-state index contributed by atoms with van der Waals surface area (Å²) in [6, 6.07) is 0. The van der Waals surface area contributed by atoms with Gasteiger partial charge in [-0.15, -0.1) is 0 Å². The number of carbonyl (C=O) groups is 1. The Morgan fingerprint density at radius 1 is 1.05 bits per heavy atom. The summed E-state index contributed by atoms with van der Waals surface area (Å²) in [5, 5.41) is 13.4. The van der Waals surface area contributed by atoms with Crippen LogP contribution < -0.4 is 5.32 Å². The van der Waals surface area contributed by atoms with Crippen molar-refractivity contribution >= 4 is 5.91 Å². The number of hydrogen-bond acceptors (Lipinski definition) is 2. The summed E-state index contributed by atoms with van der Waals surface area (Å²) < 4.78 is 0. The molecular formula is C19H31NO2. The number of carbonyl (C=O) groups excluding carboxylic acids is 1. The van der Waals surface area contributed by atoms with E-state index >= 15 is 0 Å². The topological polar surface area (TPSA) is 49.3 Å². The van der Waals surface area contributed by atoms with E-state index in [1.54, 1.807) is 0 Å². The minimum atomic E-state index is -0.0579. The molecule has 1 amide bonds. The molecule has 0 spiro atoms. The van der Waals surface area contributed by atoms with Crippen LogP contribution in [-0.4, -0.2) is 22.7 Å². The van der Waals surface area contributed by atoms with Gasteiger partial charge in [0.15, 0.2) is 0 Å². The van der Waals surface area contributed by atoms with Crippen LogP contribution in [0.2, 0.25) is 0 Å². The van der Waals surface area contributed by atoms with Gasteiger partial charge in [0.05, 0.1) is 6.10 Å². The minimum absolute atomic E-state index is 0.0495. The van der Waals surface area contributed by atoms with Crippen molar-refractivity contribution in [1.82, 2.24) is 5.32 Å². The zero-order valence-electron chi connectivity index (χ0n) is 14.1. The standard InChI is InChI=1S/C19H31NO2/c1-18-9-7-13(21)11-12(18)3-4-14-15(18)8-10-19(2)16(14)5-6-17(22)20-19/h12-16,21H,3-11H2,1-2H3,(H,20,22)/t12-,13+,14+,15-,16-,18-,19-/m0/s1. The van der Waals surface area contributed by atoms with E-state index in [9.17, 15) is 9.90 Å². The lowest BCUT2D eigenvalue weighted by Crippen LogP contribution is -2.63. The Morgan fingerprint density at radius 3 is 2.68 bits per heavy atom. The number of amides is 1. The number of nitrogens with one attached hydrogen (secondary N) is 1. The van der Waals surface area contributed by atoms with E-state index in [0.717, 1.165) is 49.9 Å². The van der Waals surface area contributed by atoms with Crippen LogP contribution in [0.4, 0.5) is 0 Å². The van der Waals surface area contributed by atoms with Gasteiger partial charge in [0.2, 0.25) is 5.91 Å². The Balaban J connectivity index is 1.61. The summed E-state index contributed by atoms with van der Waals surface area (Å²) >= 11 is 0. The first-order valence-corrected chi connectivity index (χ1v) is 9.41. The molecule has 1 heterocycles. The second-order valence-corrected chi connectivity index (χ2v) is 9.13. The van der Waals surface area contributed by atoms with Gasteiger partial charge in [-0.3, -0.25) is 4.79 Å². The number of hydrogen-bond donors (Lipinski definition) is 2. The molecule has 22 heavy (non-hydrogen) atoms. The van der Waals surface area contributed by atoms with Crippen LogP contribution in [0.5, 0.6) is 0 Å². The van der Waals surface area contributed by atoms with Crippen molar-refractivity contribution in [3.8, 4) is 0 Å². The summed E-state index contributed by atoms with van der Waals surface area (Å²) in [6.45, 7) is 4.81. The first-order chi connectivity index (χ1) is 10.4. The highest BCUT2D eigenvalue weighted by Crippen LogP contribution is 2.62. The third-order valence-corrected chi connectivity index (χ3v) is 8.14. The Labute approximate surface area is 134 Å². The molecule has 3 saturated carbocycles. The van der Waals surface area contributed by atoms with Crippen molar-refractivity contribution in [3.63, 3.8) is 0 Å². The molecule has 0 bridgehead atoms. The van der Waals surface area contributed by atoms with E-state index in [1.807, 2.05) is 0 Å². The van der Waals surface area contributed by atoms with Gasteiger partial charge in [-0.05, 0) is 87.4 Å². The van der Waals surface area contributed by atoms with E-state index in [-0.39, 0.29) is 17.6 Å². The first kappa shape index (κ1) is 15.0. The van der Waals surface area contributed by atoms with Gasteiger partial charge < -0.3 is 10.4 Å². The van der Waals surface area contributed by atoms with E-state index in [0.29, 0.717) is 11.3 Å². The lowest BCUT2D eigenvalue weighted by Gasteiger charge is -2.62. The average molecular weight is 305 g/mol. The lowest BCUT2D eigenvalue weighted by atomic mass is 9.45. The Kier molecular flexibility index (Phi) is 3.38. The molecule has 1 saturated heterocycles. The van der Waals surface area contributed by atoms with Crippen LogP contribution >= 0.6 is 0 Å². The predicted molar refractivity (Wildman–Crippen MR) is 86.2 cm³/mol. The molecule has 3 aliphatic carbocycles. The molecule has 7 atom stereocenters. The summed E-state index contributed by atoms with van der Waals surface area (Å²) in [5.41, 5.74) is 0.485. The maximum Gasteiger partial charge on any atom is 0.220 e. The first-order valence-electron chi connectivity index (χ1n) is 9.41. The van der Waals surface area contributed by atoms with Crippen molar-refractivity contribution < 1.29 is 9.90 Å². The average Bonchev–Trinajstić information content (AvgIpc) is 2.46. The van der Waals surface area contributed by atoms with Crippen molar-refractivity contribution in [2.75, 3.05) is 0 Å². The van der Waals surface area contributed by atoms with E-state index in [2.05, 4.69) is 19.2 Å². The molecule has 4 rings (SSSR count). The largest absolute Gasteiger partial charge is 0.393 e. The van der Waals surface area contributed by atoms with Crippen molar-refractivity contribution in [2.45, 2.75) is 83.3 Å². The van der Waals surface area contributed by atoms with Crippen LogP contribution in [-0.2, 0) is 4.79 Å². The highest BCUT2D eigenvalue weighted by atomic mass is 16.3. The summed E-state index contributed by atoms with van der Waals surface area (Å²) in [4.78, 5) is 11.9. The van der Waals surface area contributed by atoms with E-state index in [4.69, 9.17) is 0 Å². The molecule has 0 aromatic rings. The molecule has 4 fully saturated rings. The lowest BCUT2D eigenvalue weighted by molar-refractivity contribution is -0.142. The zero-order chi connectivity index (χ0) is 15.5. The monoisotopic (exact) mass is 305 g/mol. The van der Waals surface area contributed by atoms with Gasteiger partial charge in [0.1, 0.15) is 0 Å². The normalized spacial score (nSPS) is 54.7. The van der Waals surface area contributed by atoms with Gasteiger partial charge in [-0.2, -0.15) is 0 Å². The molecular weight excluding hydrogens is 274 g/mol. The Hall–Kier alpha value is -0.570. The van der Waals surface area contributed by atoms with Gasteiger partial charge in [0.25, 0.3) is 0 Å². The fourth-order valence-corrected chi connectivity index (χ4v) is 6.91. The highest BCUT2D eigenvalue weighted by molar-refractivity contribution is 5.77. The molecule has 3 nitrogen and oxygen atoms in total. The SMILES string of the molecule is C[C@]12CC[C@@H](O)C[C@@H]1CC[C@@H]1[C@@H]2CC[C@]2(C)NC(=O)CC[C@@H]12. The van der Waals surface area contributed by atoms with Crippen LogP contribution in [0.15, 0.2) is 0 Å². The molecule has 4 aliphatic rings. The molecule has 124 valence electrons. The fraction of sp³-hybridized carbons (Fsp3) is 0.947. The second kappa shape index (κ2) is 4.96. The number of fused-ring (bicyclic) bond motifs is 5. The molecule has 0 radical (unpaired) electrons. The van der Waals surface area contributed by atoms with Gasteiger partial charge >= 0.3 is 0 Å². The Morgan fingerprint density at radius 2 is 1.86 bits per heavy atom. The highest BCUT2D eigenvalue weighted by Gasteiger charge is 2.57. The third kappa shape index (κ3) is 2.07.